The van der Waals surface area contributed by atoms with Crippen molar-refractivity contribution in [3.8, 4) is 0 Å². The molecule has 0 aliphatic carbocycles. The number of hydrogen-bond donors (Lipinski definition) is 1. The van der Waals surface area contributed by atoms with E-state index >= 15 is 0 Å². The van der Waals surface area contributed by atoms with Crippen LogP contribution in [-0.2, 0) is 24.8 Å². The molecular formula is C9H12N2NaO5S3+. The normalized spacial score (nSPS) is 16.6. The van der Waals surface area contributed by atoms with Crippen molar-refractivity contribution < 1.29 is 51.1 Å². The summed E-state index contributed by atoms with van der Waals surface area (Å²) in [6.07, 6.45) is 2.92. The molecule has 1 aliphatic rings. The van der Waals surface area contributed by atoms with E-state index in [-0.39, 0.29) is 51.1 Å². The summed E-state index contributed by atoms with van der Waals surface area (Å²) in [5.74, 6) is 0. The number of primary sulfonamides is 1. The smallest absolute Gasteiger partial charge is 0.383 e. The van der Waals surface area contributed by atoms with Crippen LogP contribution in [0.5, 0.6) is 0 Å². The number of hydrogen-bond acceptors (Lipinski definition) is 6. The number of fused-ring (bicyclic) bond motifs is 1. The number of methoxy groups -OCH3 is 1. The molecule has 2 rings (SSSR count). The van der Waals surface area contributed by atoms with Crippen LogP contribution in [0.2, 0.25) is 0 Å². The summed E-state index contributed by atoms with van der Waals surface area (Å²) in [6, 6.07) is 1.26. The molecule has 0 atom stereocenters. The van der Waals surface area contributed by atoms with Crippen LogP contribution in [0.4, 0.5) is 0 Å². The minimum atomic E-state index is -3.90. The van der Waals surface area contributed by atoms with Crippen LogP contribution in [0.15, 0.2) is 20.7 Å². The minimum Gasteiger partial charge on any atom is -0.383 e. The molecule has 106 valence electrons. The monoisotopic (exact) mass is 347 g/mol. The van der Waals surface area contributed by atoms with E-state index in [4.69, 9.17) is 9.88 Å². The first-order chi connectivity index (χ1) is 8.76. The van der Waals surface area contributed by atoms with Crippen LogP contribution in [0, 0.1) is 0 Å². The van der Waals surface area contributed by atoms with E-state index in [1.165, 1.54) is 25.5 Å². The van der Waals surface area contributed by atoms with Gasteiger partial charge in [0.15, 0.2) is 0 Å². The Morgan fingerprint density at radius 1 is 1.45 bits per heavy atom. The van der Waals surface area contributed by atoms with Gasteiger partial charge in [-0.3, -0.25) is 4.31 Å². The number of thiophene rings is 1. The second-order valence-electron chi connectivity index (χ2n) is 3.78. The summed E-state index contributed by atoms with van der Waals surface area (Å²) < 4.78 is 52.8. The van der Waals surface area contributed by atoms with E-state index in [0.29, 0.717) is 16.9 Å². The van der Waals surface area contributed by atoms with Gasteiger partial charge >= 0.3 is 29.6 Å². The predicted octanol–water partition coefficient (Wildman–Crippen LogP) is -2.98. The molecule has 20 heavy (non-hydrogen) atoms. The number of rotatable bonds is 4. The first-order valence-electron chi connectivity index (χ1n) is 5.12. The van der Waals surface area contributed by atoms with Crippen LogP contribution in [-0.4, -0.2) is 41.4 Å². The van der Waals surface area contributed by atoms with E-state index < -0.39 is 20.0 Å². The maximum absolute atomic E-state index is 12.2. The summed E-state index contributed by atoms with van der Waals surface area (Å²) in [7, 11) is -6.17. The SMILES string of the molecule is COCCN1C=Cc2cc(S(N)(=O)=O)sc2S1(=O)=O.[Na+]. The fourth-order valence-corrected chi connectivity index (χ4v) is 5.48. The van der Waals surface area contributed by atoms with Gasteiger partial charge in [0.05, 0.1) is 13.2 Å². The summed E-state index contributed by atoms with van der Waals surface area (Å²) in [6.45, 7) is 0.406. The number of sulfonamides is 2. The maximum atomic E-state index is 12.2. The van der Waals surface area contributed by atoms with Crippen LogP contribution < -0.4 is 34.7 Å². The molecule has 2 N–H and O–H groups in total. The van der Waals surface area contributed by atoms with Gasteiger partial charge in [-0.2, -0.15) is 0 Å². The molecule has 0 fully saturated rings. The van der Waals surface area contributed by atoms with Gasteiger partial charge in [-0.25, -0.2) is 22.0 Å². The largest absolute Gasteiger partial charge is 1.00 e. The first-order valence-corrected chi connectivity index (χ1v) is 8.93. The van der Waals surface area contributed by atoms with Crippen molar-refractivity contribution in [2.24, 2.45) is 5.14 Å². The minimum absolute atomic E-state index is 0. The number of ether oxygens (including phenoxy) is 1. The molecule has 0 amide bonds. The Bertz CT molecular complexity index is 723. The summed E-state index contributed by atoms with van der Waals surface area (Å²) in [5, 5.41) is 5.00. The fourth-order valence-electron chi connectivity index (χ4n) is 1.55. The van der Waals surface area contributed by atoms with Crippen molar-refractivity contribution >= 4 is 37.5 Å². The zero-order valence-corrected chi connectivity index (χ0v) is 15.4. The maximum Gasteiger partial charge on any atom is 1.00 e. The molecule has 0 bridgehead atoms. The van der Waals surface area contributed by atoms with E-state index in [9.17, 15) is 16.8 Å². The Kier molecular flexibility index (Phi) is 5.83. The Morgan fingerprint density at radius 2 is 2.10 bits per heavy atom. The van der Waals surface area contributed by atoms with Crippen molar-refractivity contribution in [1.82, 2.24) is 4.31 Å². The second-order valence-corrected chi connectivity index (χ2v) is 8.70. The number of nitrogens with two attached hydrogens (primary N) is 1. The molecule has 7 nitrogen and oxygen atoms in total. The van der Waals surface area contributed by atoms with Crippen molar-refractivity contribution in [2.45, 2.75) is 8.42 Å². The summed E-state index contributed by atoms with van der Waals surface area (Å²) in [4.78, 5) is 0. The third-order valence-corrected chi connectivity index (χ3v) is 7.34. The van der Waals surface area contributed by atoms with Gasteiger partial charge in [-0.1, -0.05) is 0 Å². The van der Waals surface area contributed by atoms with Gasteiger partial charge < -0.3 is 4.74 Å². The molecular weight excluding hydrogens is 335 g/mol. The van der Waals surface area contributed by atoms with E-state index in [2.05, 4.69) is 0 Å². The van der Waals surface area contributed by atoms with E-state index in [0.717, 1.165) is 4.31 Å². The van der Waals surface area contributed by atoms with Crippen molar-refractivity contribution in [2.75, 3.05) is 20.3 Å². The molecule has 0 saturated heterocycles. The second kappa shape index (κ2) is 6.44. The first kappa shape index (κ1) is 18.1. The fraction of sp³-hybridized carbons (Fsp3) is 0.333. The van der Waals surface area contributed by atoms with E-state index in [1.54, 1.807) is 0 Å². The van der Waals surface area contributed by atoms with Gasteiger partial charge in [-0.05, 0) is 12.1 Å². The third-order valence-electron chi connectivity index (χ3n) is 2.46. The van der Waals surface area contributed by atoms with Crippen molar-refractivity contribution in [3.63, 3.8) is 0 Å². The zero-order valence-electron chi connectivity index (χ0n) is 10.9. The Labute approximate surface area is 143 Å². The molecule has 11 heteroatoms. The molecule has 0 unspecified atom stereocenters. The van der Waals surface area contributed by atoms with Gasteiger partial charge in [0, 0.05) is 18.9 Å². The predicted molar refractivity (Wildman–Crippen MR) is 70.5 cm³/mol. The van der Waals surface area contributed by atoms with Crippen LogP contribution in [0.3, 0.4) is 0 Å². The molecule has 1 aromatic rings. The topological polar surface area (TPSA) is 107 Å². The average Bonchev–Trinajstić information content (AvgIpc) is 2.73. The molecule has 2 heterocycles. The van der Waals surface area contributed by atoms with Crippen molar-refractivity contribution in [3.05, 3.63) is 17.8 Å². The quantitative estimate of drug-likeness (QED) is 0.585. The summed E-state index contributed by atoms with van der Waals surface area (Å²) >= 11 is 0.652. The molecule has 1 aliphatic heterocycles. The van der Waals surface area contributed by atoms with E-state index in [1.807, 2.05) is 0 Å². The summed E-state index contributed by atoms with van der Waals surface area (Å²) in [5.41, 5.74) is 0.336. The van der Waals surface area contributed by atoms with Crippen LogP contribution in [0.25, 0.3) is 6.08 Å². The average molecular weight is 347 g/mol. The third kappa shape index (κ3) is 3.45. The van der Waals surface area contributed by atoms with Crippen LogP contribution >= 0.6 is 11.3 Å². The molecule has 0 saturated carbocycles. The number of nitrogens with zero attached hydrogens (tertiary/aromatic N) is 1. The molecule has 1 aromatic heterocycles. The zero-order chi connectivity index (χ0) is 14.3. The van der Waals surface area contributed by atoms with Gasteiger partial charge in [0.2, 0.25) is 10.0 Å². The van der Waals surface area contributed by atoms with Crippen molar-refractivity contribution in [1.29, 1.82) is 0 Å². The van der Waals surface area contributed by atoms with Crippen LogP contribution in [0.1, 0.15) is 5.56 Å². The molecule has 0 aromatic carbocycles. The molecule has 0 radical (unpaired) electrons. The van der Waals surface area contributed by atoms with Gasteiger partial charge in [0.1, 0.15) is 8.42 Å². The standard InChI is InChI=1S/C9H12N2O5S3.Na/c1-16-5-4-11-3-2-7-6-8(18(10,12)13)17-9(7)19(11,14)15;/h2-3,6H,4-5H2,1H3,(H2,10,12,13);/q;+1. The van der Waals surface area contributed by atoms with Gasteiger partial charge in [-0.15, -0.1) is 11.3 Å². The Morgan fingerprint density at radius 3 is 2.65 bits per heavy atom. The molecule has 0 spiro atoms. The Balaban J connectivity index is 0.00000200. The van der Waals surface area contributed by atoms with Gasteiger partial charge in [0.25, 0.3) is 10.0 Å². The Hall–Kier alpha value is 0.0600.